The van der Waals surface area contributed by atoms with Gasteiger partial charge in [-0.3, -0.25) is 14.5 Å². The highest BCUT2D eigenvalue weighted by Gasteiger charge is 2.60. The number of fused-ring (bicyclic) bond motifs is 1. The van der Waals surface area contributed by atoms with Crippen molar-refractivity contribution in [3.63, 3.8) is 0 Å². The molecule has 1 spiro atoms. The van der Waals surface area contributed by atoms with Gasteiger partial charge in [-0.05, 0) is 24.4 Å². The van der Waals surface area contributed by atoms with Gasteiger partial charge in [-0.15, -0.1) is 0 Å². The molecule has 116 valence electrons. The first-order chi connectivity index (χ1) is 10.5. The smallest absolute Gasteiger partial charge is 0.255 e. The molecule has 2 amide bonds. The molecule has 1 unspecified atom stereocenters. The summed E-state index contributed by atoms with van der Waals surface area (Å²) in [6.45, 7) is 0. The molecule has 0 aromatic carbocycles. The van der Waals surface area contributed by atoms with Crippen LogP contribution in [-0.4, -0.2) is 45.3 Å². The Labute approximate surface area is 133 Å². The van der Waals surface area contributed by atoms with E-state index in [9.17, 15) is 9.59 Å². The van der Waals surface area contributed by atoms with Gasteiger partial charge in [0.2, 0.25) is 11.2 Å². The van der Waals surface area contributed by atoms with Crippen molar-refractivity contribution in [2.75, 3.05) is 11.9 Å². The van der Waals surface area contributed by atoms with Crippen LogP contribution in [0.4, 0.5) is 5.82 Å². The van der Waals surface area contributed by atoms with Gasteiger partial charge < -0.3 is 4.90 Å². The normalized spacial score (nSPS) is 28.3. The molecular formula is C15H17ClN4O2. The fourth-order valence-corrected chi connectivity index (χ4v) is 4.32. The number of nitrogens with zero attached hydrogens (tertiary/aromatic N) is 4. The summed E-state index contributed by atoms with van der Waals surface area (Å²) in [4.78, 5) is 36.8. The third-order valence-electron chi connectivity index (χ3n) is 5.19. The highest BCUT2D eigenvalue weighted by Crippen LogP contribution is 2.47. The lowest BCUT2D eigenvalue weighted by molar-refractivity contribution is -0.138. The van der Waals surface area contributed by atoms with Gasteiger partial charge in [0.15, 0.2) is 0 Å². The molecule has 7 heteroatoms. The Morgan fingerprint density at radius 2 is 2.00 bits per heavy atom. The molecule has 0 radical (unpaired) electrons. The van der Waals surface area contributed by atoms with E-state index in [0.717, 1.165) is 37.1 Å². The van der Waals surface area contributed by atoms with Crippen molar-refractivity contribution < 1.29 is 9.59 Å². The highest BCUT2D eigenvalue weighted by atomic mass is 35.5. The molecular weight excluding hydrogens is 304 g/mol. The molecule has 2 aliphatic heterocycles. The van der Waals surface area contributed by atoms with E-state index in [1.165, 1.54) is 4.90 Å². The molecule has 1 saturated carbocycles. The summed E-state index contributed by atoms with van der Waals surface area (Å²) in [6, 6.07) is 0.246. The molecule has 0 N–H and O–H groups in total. The maximum absolute atomic E-state index is 12.8. The van der Waals surface area contributed by atoms with Crippen molar-refractivity contribution in [1.29, 1.82) is 0 Å². The first-order valence-corrected chi connectivity index (χ1v) is 8.02. The summed E-state index contributed by atoms with van der Waals surface area (Å²) < 4.78 is 0. The number of likely N-dealkylation sites (N-methyl/N-ethyl adjacent to an activating group) is 1. The number of imide groups is 1. The van der Waals surface area contributed by atoms with Crippen LogP contribution in [0.25, 0.3) is 0 Å². The number of hydrogen-bond donors (Lipinski definition) is 0. The molecule has 1 atom stereocenters. The van der Waals surface area contributed by atoms with E-state index in [1.807, 2.05) is 0 Å². The lowest BCUT2D eigenvalue weighted by atomic mass is 9.91. The number of likely N-dealkylation sites (tertiary alicyclic amines) is 1. The van der Waals surface area contributed by atoms with Crippen LogP contribution in [0.2, 0.25) is 5.28 Å². The van der Waals surface area contributed by atoms with E-state index in [-0.39, 0.29) is 29.6 Å². The van der Waals surface area contributed by atoms with E-state index >= 15 is 0 Å². The Bertz CT molecular complexity index is 674. The van der Waals surface area contributed by atoms with Gasteiger partial charge in [0.05, 0.1) is 6.42 Å². The molecule has 22 heavy (non-hydrogen) atoms. The monoisotopic (exact) mass is 320 g/mol. The van der Waals surface area contributed by atoms with Crippen LogP contribution in [0.5, 0.6) is 0 Å². The molecule has 1 aliphatic carbocycles. The molecule has 3 heterocycles. The van der Waals surface area contributed by atoms with Crippen molar-refractivity contribution in [2.24, 2.45) is 0 Å². The van der Waals surface area contributed by atoms with Crippen molar-refractivity contribution in [3.05, 3.63) is 17.0 Å². The summed E-state index contributed by atoms with van der Waals surface area (Å²) in [7, 11) is 1.56. The summed E-state index contributed by atoms with van der Waals surface area (Å²) >= 11 is 5.97. The predicted molar refractivity (Wildman–Crippen MR) is 80.6 cm³/mol. The lowest BCUT2D eigenvalue weighted by Gasteiger charge is -2.38. The Balaban J connectivity index is 1.86. The molecule has 1 aromatic rings. The number of anilines is 1. The summed E-state index contributed by atoms with van der Waals surface area (Å²) in [5, 5.41) is 0.184. The Morgan fingerprint density at radius 3 is 2.64 bits per heavy atom. The van der Waals surface area contributed by atoms with Gasteiger partial charge >= 0.3 is 0 Å². The topological polar surface area (TPSA) is 66.4 Å². The second kappa shape index (κ2) is 4.65. The third-order valence-corrected chi connectivity index (χ3v) is 5.38. The largest absolute Gasteiger partial charge is 0.338 e. The minimum Gasteiger partial charge on any atom is -0.338 e. The Morgan fingerprint density at radius 1 is 1.27 bits per heavy atom. The highest BCUT2D eigenvalue weighted by molar-refractivity contribution is 6.28. The van der Waals surface area contributed by atoms with Crippen LogP contribution in [-0.2, 0) is 16.0 Å². The second-order valence-corrected chi connectivity index (χ2v) is 6.78. The average Bonchev–Trinajstić information content (AvgIpc) is 3.15. The van der Waals surface area contributed by atoms with Gasteiger partial charge in [0.25, 0.3) is 5.91 Å². The zero-order valence-corrected chi connectivity index (χ0v) is 13.1. The maximum atomic E-state index is 12.8. The second-order valence-electron chi connectivity index (χ2n) is 6.44. The molecule has 6 nitrogen and oxygen atoms in total. The number of hydrogen-bond acceptors (Lipinski definition) is 5. The van der Waals surface area contributed by atoms with E-state index in [2.05, 4.69) is 14.9 Å². The van der Waals surface area contributed by atoms with Crippen LogP contribution in [0.15, 0.2) is 6.20 Å². The summed E-state index contributed by atoms with van der Waals surface area (Å²) in [5.41, 5.74) is 0.0930. The van der Waals surface area contributed by atoms with Crippen LogP contribution in [0, 0.1) is 0 Å². The number of carbonyl (C=O) groups excluding carboxylic acids is 2. The molecule has 1 saturated heterocycles. The zero-order chi connectivity index (χ0) is 15.5. The van der Waals surface area contributed by atoms with Gasteiger partial charge in [-0.25, -0.2) is 9.97 Å². The summed E-state index contributed by atoms with van der Waals surface area (Å²) in [6.07, 6.45) is 6.73. The van der Waals surface area contributed by atoms with Gasteiger partial charge in [-0.2, -0.15) is 0 Å². The first-order valence-electron chi connectivity index (χ1n) is 7.65. The lowest BCUT2D eigenvalue weighted by Crippen LogP contribution is -2.56. The predicted octanol–water partition coefficient (Wildman–Crippen LogP) is 1.56. The van der Waals surface area contributed by atoms with Crippen molar-refractivity contribution >= 4 is 29.2 Å². The number of carbonyl (C=O) groups is 2. The SMILES string of the molecule is CN1C(=O)CC2(Cc3cnc(Cl)nc3N2C2CCCC2)C1=O. The molecule has 3 aliphatic rings. The molecule has 2 fully saturated rings. The number of amides is 2. The first kappa shape index (κ1) is 13.9. The fourth-order valence-electron chi connectivity index (χ4n) is 4.19. The van der Waals surface area contributed by atoms with Crippen molar-refractivity contribution in [1.82, 2.24) is 14.9 Å². The van der Waals surface area contributed by atoms with E-state index in [4.69, 9.17) is 11.6 Å². The number of rotatable bonds is 1. The maximum Gasteiger partial charge on any atom is 0.255 e. The van der Waals surface area contributed by atoms with Crippen LogP contribution >= 0.6 is 11.6 Å². The molecule has 4 rings (SSSR count). The quantitative estimate of drug-likeness (QED) is 0.580. The van der Waals surface area contributed by atoms with Gasteiger partial charge in [0, 0.05) is 31.3 Å². The van der Waals surface area contributed by atoms with E-state index in [0.29, 0.717) is 6.42 Å². The standard InChI is InChI=1S/C15H17ClN4O2/c1-19-11(21)7-15(13(19)22)6-9-8-17-14(16)18-12(9)20(15)10-4-2-3-5-10/h8,10H,2-7H2,1H3. The third kappa shape index (κ3) is 1.73. The minimum atomic E-state index is -0.817. The number of halogens is 1. The zero-order valence-electron chi connectivity index (χ0n) is 12.4. The Kier molecular flexibility index (Phi) is 2.95. The van der Waals surface area contributed by atoms with E-state index < -0.39 is 5.54 Å². The molecule has 0 bridgehead atoms. The van der Waals surface area contributed by atoms with Crippen molar-refractivity contribution in [2.45, 2.75) is 50.1 Å². The molecule has 1 aromatic heterocycles. The average molecular weight is 321 g/mol. The van der Waals surface area contributed by atoms with Crippen molar-refractivity contribution in [3.8, 4) is 0 Å². The fraction of sp³-hybridized carbons (Fsp3) is 0.600. The number of aromatic nitrogens is 2. The summed E-state index contributed by atoms with van der Waals surface area (Å²) in [5.74, 6) is 0.488. The minimum absolute atomic E-state index is 0.125. The van der Waals surface area contributed by atoms with Crippen LogP contribution < -0.4 is 4.90 Å². The van der Waals surface area contributed by atoms with E-state index in [1.54, 1.807) is 13.2 Å². The Hall–Kier alpha value is -1.69. The van der Waals surface area contributed by atoms with Crippen LogP contribution in [0.3, 0.4) is 0 Å². The van der Waals surface area contributed by atoms with Gasteiger partial charge in [0.1, 0.15) is 11.4 Å². The van der Waals surface area contributed by atoms with Gasteiger partial charge in [-0.1, -0.05) is 12.8 Å². The van der Waals surface area contributed by atoms with Crippen LogP contribution in [0.1, 0.15) is 37.7 Å².